The minimum Gasteiger partial charge on any atom is -0.483 e. The van der Waals surface area contributed by atoms with Crippen LogP contribution >= 0.6 is 0 Å². The predicted octanol–water partition coefficient (Wildman–Crippen LogP) is 2.18. The van der Waals surface area contributed by atoms with Gasteiger partial charge in [0.1, 0.15) is 5.75 Å². The van der Waals surface area contributed by atoms with Crippen LogP contribution in [0, 0.1) is 6.92 Å². The number of hydrogen-bond acceptors (Lipinski definition) is 4. The number of benzene rings is 1. The van der Waals surface area contributed by atoms with Gasteiger partial charge in [-0.15, -0.1) is 0 Å². The third kappa shape index (κ3) is 5.85. The molecule has 0 aliphatic rings. The summed E-state index contributed by atoms with van der Waals surface area (Å²) >= 11 is 0. The van der Waals surface area contributed by atoms with Crippen molar-refractivity contribution >= 4 is 11.9 Å². The fraction of sp³-hybridized carbons (Fsp3) is 0.500. The van der Waals surface area contributed by atoms with E-state index in [1.54, 1.807) is 0 Å². The molecule has 1 N–H and O–H groups in total. The third-order valence-electron chi connectivity index (χ3n) is 3.03. The van der Waals surface area contributed by atoms with Gasteiger partial charge in [-0.05, 0) is 30.0 Å². The Hall–Kier alpha value is -2.04. The Morgan fingerprint density at radius 2 is 2.00 bits per heavy atom. The van der Waals surface area contributed by atoms with Crippen molar-refractivity contribution in [1.29, 1.82) is 0 Å². The number of esters is 1. The minimum absolute atomic E-state index is 0.0651. The summed E-state index contributed by atoms with van der Waals surface area (Å²) in [5.74, 6) is 0.447. The van der Waals surface area contributed by atoms with Crippen molar-refractivity contribution < 1.29 is 19.1 Å². The van der Waals surface area contributed by atoms with Crippen LogP contribution in [0.2, 0.25) is 0 Å². The van der Waals surface area contributed by atoms with E-state index in [0.717, 1.165) is 16.9 Å². The number of amides is 1. The lowest BCUT2D eigenvalue weighted by atomic mass is 10.0. The topological polar surface area (TPSA) is 64.6 Å². The largest absolute Gasteiger partial charge is 0.483 e. The van der Waals surface area contributed by atoms with E-state index in [0.29, 0.717) is 5.92 Å². The number of carbonyl (C=O) groups excluding carboxylic acids is 2. The molecule has 0 bridgehead atoms. The van der Waals surface area contributed by atoms with Crippen LogP contribution < -0.4 is 10.1 Å². The number of hydrogen-bond donors (Lipinski definition) is 1. The lowest BCUT2D eigenvalue weighted by Gasteiger charge is -2.14. The summed E-state index contributed by atoms with van der Waals surface area (Å²) in [5.41, 5.74) is 2.16. The first-order valence-electron chi connectivity index (χ1n) is 7.01. The molecule has 1 aromatic carbocycles. The SMILES string of the molecule is COC(=O)CCNC(=O)COc1cc(C)ccc1C(C)C. The number of aryl methyl sites for hydroxylation is 1. The molecule has 0 heterocycles. The molecule has 5 nitrogen and oxygen atoms in total. The van der Waals surface area contributed by atoms with E-state index >= 15 is 0 Å². The summed E-state index contributed by atoms with van der Waals surface area (Å²) in [7, 11) is 1.32. The molecule has 0 fully saturated rings. The predicted molar refractivity (Wildman–Crippen MR) is 80.4 cm³/mol. The average Bonchev–Trinajstić information content (AvgIpc) is 2.44. The fourth-order valence-electron chi connectivity index (χ4n) is 1.84. The maximum atomic E-state index is 11.7. The highest BCUT2D eigenvalue weighted by Crippen LogP contribution is 2.27. The van der Waals surface area contributed by atoms with Crippen molar-refractivity contribution in [2.45, 2.75) is 33.1 Å². The zero-order valence-electron chi connectivity index (χ0n) is 13.1. The van der Waals surface area contributed by atoms with Crippen molar-refractivity contribution in [3.63, 3.8) is 0 Å². The van der Waals surface area contributed by atoms with Crippen molar-refractivity contribution in [3.8, 4) is 5.75 Å². The van der Waals surface area contributed by atoms with Crippen molar-refractivity contribution in [3.05, 3.63) is 29.3 Å². The van der Waals surface area contributed by atoms with Crippen LogP contribution in [0.25, 0.3) is 0 Å². The van der Waals surface area contributed by atoms with Crippen LogP contribution in [0.5, 0.6) is 5.75 Å². The maximum absolute atomic E-state index is 11.7. The van der Waals surface area contributed by atoms with Gasteiger partial charge >= 0.3 is 5.97 Å². The molecule has 1 amide bonds. The zero-order valence-corrected chi connectivity index (χ0v) is 13.1. The second kappa shape index (κ2) is 8.29. The Labute approximate surface area is 125 Å². The lowest BCUT2D eigenvalue weighted by Crippen LogP contribution is -2.31. The summed E-state index contributed by atoms with van der Waals surface area (Å²) in [6.45, 7) is 6.32. The molecule has 0 saturated carbocycles. The number of methoxy groups -OCH3 is 1. The van der Waals surface area contributed by atoms with Gasteiger partial charge in [0.05, 0.1) is 13.5 Å². The van der Waals surface area contributed by atoms with Gasteiger partial charge in [-0.2, -0.15) is 0 Å². The zero-order chi connectivity index (χ0) is 15.8. The van der Waals surface area contributed by atoms with E-state index in [2.05, 4.69) is 23.9 Å². The van der Waals surface area contributed by atoms with Gasteiger partial charge < -0.3 is 14.8 Å². The van der Waals surface area contributed by atoms with Gasteiger partial charge in [0.15, 0.2) is 6.61 Å². The number of nitrogens with one attached hydrogen (secondary N) is 1. The van der Waals surface area contributed by atoms with Crippen LogP contribution in [-0.2, 0) is 14.3 Å². The first-order chi connectivity index (χ1) is 9.93. The standard InChI is InChI=1S/C16H23NO4/c1-11(2)13-6-5-12(3)9-14(13)21-10-15(18)17-8-7-16(19)20-4/h5-6,9,11H,7-8,10H2,1-4H3,(H,17,18). The molecule has 0 radical (unpaired) electrons. The van der Waals surface area contributed by atoms with E-state index in [1.165, 1.54) is 7.11 Å². The highest BCUT2D eigenvalue weighted by Gasteiger charge is 2.10. The van der Waals surface area contributed by atoms with Crippen molar-refractivity contribution in [1.82, 2.24) is 5.32 Å². The number of rotatable bonds is 7. The van der Waals surface area contributed by atoms with Gasteiger partial charge in [-0.3, -0.25) is 9.59 Å². The molecule has 0 aliphatic heterocycles. The Balaban J connectivity index is 2.49. The monoisotopic (exact) mass is 293 g/mol. The molecule has 0 aliphatic carbocycles. The third-order valence-corrected chi connectivity index (χ3v) is 3.03. The van der Waals surface area contributed by atoms with Gasteiger partial charge in [0, 0.05) is 6.54 Å². The first kappa shape index (κ1) is 17.0. The number of ether oxygens (including phenoxy) is 2. The van der Waals surface area contributed by atoms with Crippen LogP contribution in [0.3, 0.4) is 0 Å². The van der Waals surface area contributed by atoms with Gasteiger partial charge in [0.25, 0.3) is 5.91 Å². The van der Waals surface area contributed by atoms with E-state index in [9.17, 15) is 9.59 Å². The normalized spacial score (nSPS) is 10.3. The molecule has 21 heavy (non-hydrogen) atoms. The molecule has 0 unspecified atom stereocenters. The maximum Gasteiger partial charge on any atom is 0.307 e. The molecule has 0 spiro atoms. The summed E-state index contributed by atoms with van der Waals surface area (Å²) in [6.07, 6.45) is 0.157. The highest BCUT2D eigenvalue weighted by molar-refractivity contribution is 5.78. The smallest absolute Gasteiger partial charge is 0.307 e. The lowest BCUT2D eigenvalue weighted by molar-refractivity contribution is -0.140. The summed E-state index contributed by atoms with van der Waals surface area (Å²) in [4.78, 5) is 22.6. The summed E-state index contributed by atoms with van der Waals surface area (Å²) in [5, 5.41) is 2.62. The van der Waals surface area contributed by atoms with Crippen LogP contribution in [-0.4, -0.2) is 32.1 Å². The van der Waals surface area contributed by atoms with Crippen molar-refractivity contribution in [2.75, 3.05) is 20.3 Å². The molecular weight excluding hydrogens is 270 g/mol. The molecule has 0 saturated heterocycles. The molecule has 0 aromatic heterocycles. The second-order valence-electron chi connectivity index (χ2n) is 5.16. The number of carbonyl (C=O) groups is 2. The van der Waals surface area contributed by atoms with E-state index in [-0.39, 0.29) is 31.4 Å². The van der Waals surface area contributed by atoms with Gasteiger partial charge in [-0.25, -0.2) is 0 Å². The Kier molecular flexibility index (Phi) is 6.72. The minimum atomic E-state index is -0.350. The summed E-state index contributed by atoms with van der Waals surface area (Å²) in [6, 6.07) is 5.97. The Morgan fingerprint density at radius 1 is 1.29 bits per heavy atom. The average molecular weight is 293 g/mol. The molecule has 116 valence electrons. The Morgan fingerprint density at radius 3 is 2.62 bits per heavy atom. The first-order valence-corrected chi connectivity index (χ1v) is 7.01. The second-order valence-corrected chi connectivity index (χ2v) is 5.16. The Bertz CT molecular complexity index is 497. The summed E-state index contributed by atoms with van der Waals surface area (Å²) < 4.78 is 10.1. The van der Waals surface area contributed by atoms with Crippen molar-refractivity contribution in [2.24, 2.45) is 0 Å². The molecular formula is C16H23NO4. The highest BCUT2D eigenvalue weighted by atomic mass is 16.5. The molecule has 1 aromatic rings. The quantitative estimate of drug-likeness (QED) is 0.783. The van der Waals surface area contributed by atoms with Crippen LogP contribution in [0.15, 0.2) is 18.2 Å². The molecule has 1 rings (SSSR count). The van der Waals surface area contributed by atoms with Crippen LogP contribution in [0.4, 0.5) is 0 Å². The molecule has 0 atom stereocenters. The van der Waals surface area contributed by atoms with E-state index in [1.807, 2.05) is 25.1 Å². The van der Waals surface area contributed by atoms with E-state index < -0.39 is 0 Å². The fourth-order valence-corrected chi connectivity index (χ4v) is 1.84. The van der Waals surface area contributed by atoms with Crippen LogP contribution in [0.1, 0.15) is 37.3 Å². The van der Waals surface area contributed by atoms with Gasteiger partial charge in [0.2, 0.25) is 0 Å². The van der Waals surface area contributed by atoms with Gasteiger partial charge in [-0.1, -0.05) is 26.0 Å². The van der Waals surface area contributed by atoms with E-state index in [4.69, 9.17) is 4.74 Å². The molecule has 5 heteroatoms.